The Hall–Kier alpha value is -1.33. The molecule has 0 radical (unpaired) electrons. The van der Waals surface area contributed by atoms with Crippen LogP contribution < -0.4 is 5.32 Å². The average molecular weight is 510 g/mol. The SMILES string of the molecule is CN=C(NCC(O)(c1ccccc1)C(F)(F)F)N1CCC(N2CC=CC2)C1.I. The van der Waals surface area contributed by atoms with Gasteiger partial charge in [-0.25, -0.2) is 0 Å². The summed E-state index contributed by atoms with van der Waals surface area (Å²) in [5.74, 6) is 0.378. The van der Waals surface area contributed by atoms with E-state index in [0.29, 0.717) is 18.5 Å². The van der Waals surface area contributed by atoms with E-state index in [0.717, 1.165) is 26.1 Å². The summed E-state index contributed by atoms with van der Waals surface area (Å²) in [6.45, 7) is 2.55. The Morgan fingerprint density at radius 2 is 1.86 bits per heavy atom. The topological polar surface area (TPSA) is 51.1 Å². The van der Waals surface area contributed by atoms with Crippen LogP contribution in [0.2, 0.25) is 0 Å². The number of rotatable bonds is 4. The molecule has 1 saturated heterocycles. The molecule has 156 valence electrons. The van der Waals surface area contributed by atoms with Crippen molar-refractivity contribution in [3.8, 4) is 0 Å². The Morgan fingerprint density at radius 1 is 1.21 bits per heavy atom. The van der Waals surface area contributed by atoms with Crippen LogP contribution >= 0.6 is 24.0 Å². The van der Waals surface area contributed by atoms with Crippen molar-refractivity contribution < 1.29 is 18.3 Å². The second-order valence-electron chi connectivity index (χ2n) is 6.94. The van der Waals surface area contributed by atoms with E-state index in [4.69, 9.17) is 0 Å². The van der Waals surface area contributed by atoms with E-state index >= 15 is 0 Å². The monoisotopic (exact) mass is 510 g/mol. The minimum atomic E-state index is -4.81. The van der Waals surface area contributed by atoms with Gasteiger partial charge in [0.25, 0.3) is 0 Å². The third-order valence-corrected chi connectivity index (χ3v) is 5.26. The van der Waals surface area contributed by atoms with Gasteiger partial charge in [-0.1, -0.05) is 42.5 Å². The highest BCUT2D eigenvalue weighted by Gasteiger charge is 2.55. The molecule has 2 atom stereocenters. The zero-order chi connectivity index (χ0) is 19.5. The molecule has 2 aliphatic rings. The predicted octanol–water partition coefficient (Wildman–Crippen LogP) is 2.58. The lowest BCUT2D eigenvalue weighted by Crippen LogP contribution is -2.53. The summed E-state index contributed by atoms with van der Waals surface area (Å²) in [4.78, 5) is 8.41. The van der Waals surface area contributed by atoms with E-state index in [1.165, 1.54) is 24.3 Å². The molecule has 0 saturated carbocycles. The van der Waals surface area contributed by atoms with E-state index in [1.54, 1.807) is 13.1 Å². The molecule has 0 amide bonds. The van der Waals surface area contributed by atoms with Crippen molar-refractivity contribution in [1.29, 1.82) is 0 Å². The van der Waals surface area contributed by atoms with Crippen molar-refractivity contribution in [3.05, 3.63) is 48.0 Å². The summed E-state index contributed by atoms with van der Waals surface area (Å²) in [6, 6.07) is 7.50. The fourth-order valence-corrected chi connectivity index (χ4v) is 3.64. The Bertz CT molecular complexity index is 690. The molecule has 2 aliphatic heterocycles. The van der Waals surface area contributed by atoms with Crippen molar-refractivity contribution in [2.24, 2.45) is 4.99 Å². The van der Waals surface area contributed by atoms with Gasteiger partial charge < -0.3 is 15.3 Å². The van der Waals surface area contributed by atoms with E-state index in [9.17, 15) is 18.3 Å². The molecule has 0 aliphatic carbocycles. The van der Waals surface area contributed by atoms with E-state index in [1.807, 2.05) is 4.90 Å². The van der Waals surface area contributed by atoms with Crippen molar-refractivity contribution >= 4 is 29.9 Å². The van der Waals surface area contributed by atoms with Crippen LogP contribution in [0.15, 0.2) is 47.5 Å². The van der Waals surface area contributed by atoms with Crippen LogP contribution in [0.3, 0.4) is 0 Å². The zero-order valence-electron chi connectivity index (χ0n) is 15.7. The van der Waals surface area contributed by atoms with Gasteiger partial charge in [0.2, 0.25) is 5.60 Å². The Kier molecular flexibility index (Phi) is 7.74. The molecule has 28 heavy (non-hydrogen) atoms. The number of hydrogen-bond donors (Lipinski definition) is 2. The number of halogens is 4. The number of likely N-dealkylation sites (tertiary alicyclic amines) is 1. The number of benzene rings is 1. The first kappa shape index (κ1) is 23.0. The van der Waals surface area contributed by atoms with Crippen LogP contribution in [0.1, 0.15) is 12.0 Å². The molecule has 0 aromatic heterocycles. The Labute approximate surface area is 180 Å². The lowest BCUT2D eigenvalue weighted by Gasteiger charge is -2.33. The first-order valence-corrected chi connectivity index (χ1v) is 9.04. The van der Waals surface area contributed by atoms with Gasteiger partial charge in [-0.3, -0.25) is 9.89 Å². The fraction of sp³-hybridized carbons (Fsp3) is 0.526. The van der Waals surface area contributed by atoms with Gasteiger partial charge in [0.1, 0.15) is 0 Å². The molecule has 5 nitrogen and oxygen atoms in total. The second-order valence-corrected chi connectivity index (χ2v) is 6.94. The maximum Gasteiger partial charge on any atom is 0.423 e. The van der Waals surface area contributed by atoms with Crippen molar-refractivity contribution in [2.45, 2.75) is 24.2 Å². The van der Waals surface area contributed by atoms with E-state index < -0.39 is 18.3 Å². The van der Waals surface area contributed by atoms with Crippen LogP contribution in [0.25, 0.3) is 0 Å². The lowest BCUT2D eigenvalue weighted by molar-refractivity contribution is -0.263. The minimum Gasteiger partial charge on any atom is -0.375 e. The van der Waals surface area contributed by atoms with Crippen molar-refractivity contribution in [1.82, 2.24) is 15.1 Å². The smallest absolute Gasteiger partial charge is 0.375 e. The Morgan fingerprint density at radius 3 is 2.43 bits per heavy atom. The summed E-state index contributed by atoms with van der Waals surface area (Å²) in [6.07, 6.45) is 0.373. The molecule has 0 bridgehead atoms. The average Bonchev–Trinajstić information content (AvgIpc) is 3.33. The summed E-state index contributed by atoms with van der Waals surface area (Å²) < 4.78 is 40.9. The highest BCUT2D eigenvalue weighted by atomic mass is 127. The number of nitrogens with one attached hydrogen (secondary N) is 1. The quantitative estimate of drug-likeness (QED) is 0.283. The maximum absolute atomic E-state index is 13.6. The van der Waals surface area contributed by atoms with Crippen LogP contribution in [-0.4, -0.2) is 72.9 Å². The summed E-state index contributed by atoms with van der Waals surface area (Å²) in [7, 11) is 1.54. The van der Waals surface area contributed by atoms with Gasteiger partial charge in [-0.05, 0) is 12.0 Å². The first-order chi connectivity index (χ1) is 12.8. The molecule has 1 aromatic carbocycles. The minimum absolute atomic E-state index is 0. The molecule has 0 spiro atoms. The largest absolute Gasteiger partial charge is 0.423 e. The fourth-order valence-electron chi connectivity index (χ4n) is 3.64. The van der Waals surface area contributed by atoms with Crippen LogP contribution in [0.4, 0.5) is 13.2 Å². The second kappa shape index (κ2) is 9.45. The zero-order valence-corrected chi connectivity index (χ0v) is 18.0. The van der Waals surface area contributed by atoms with Crippen LogP contribution in [0.5, 0.6) is 0 Å². The van der Waals surface area contributed by atoms with E-state index in [-0.39, 0.29) is 29.5 Å². The number of aliphatic imine (C=N–C) groups is 1. The van der Waals surface area contributed by atoms with Gasteiger partial charge in [0.15, 0.2) is 5.96 Å². The van der Waals surface area contributed by atoms with Gasteiger partial charge in [-0.2, -0.15) is 13.2 Å². The van der Waals surface area contributed by atoms with Gasteiger partial charge in [0, 0.05) is 39.3 Å². The van der Waals surface area contributed by atoms with Crippen molar-refractivity contribution in [2.75, 3.05) is 39.8 Å². The molecule has 2 N–H and O–H groups in total. The number of aliphatic hydroxyl groups is 1. The normalized spacial score (nSPS) is 22.8. The highest BCUT2D eigenvalue weighted by Crippen LogP contribution is 2.38. The molecule has 2 heterocycles. The number of alkyl halides is 3. The van der Waals surface area contributed by atoms with Gasteiger partial charge in [-0.15, -0.1) is 24.0 Å². The standard InChI is InChI=1S/C19H25F3N4O.HI/c1-23-17(26-12-9-16(13-26)25-10-5-6-11-25)24-14-18(27,19(20,21)22)15-7-3-2-4-8-15;/h2-8,16,27H,9-14H2,1H3,(H,23,24);1H. The molecule has 2 unspecified atom stereocenters. The summed E-state index contributed by atoms with van der Waals surface area (Å²) >= 11 is 0. The lowest BCUT2D eigenvalue weighted by atomic mass is 9.93. The maximum atomic E-state index is 13.6. The molecule has 1 aromatic rings. The molecule has 3 rings (SSSR count). The number of hydrogen-bond acceptors (Lipinski definition) is 3. The van der Waals surface area contributed by atoms with E-state index in [2.05, 4.69) is 27.4 Å². The van der Waals surface area contributed by atoms with Gasteiger partial charge >= 0.3 is 6.18 Å². The molecular formula is C19H26F3IN4O. The third-order valence-electron chi connectivity index (χ3n) is 5.26. The van der Waals surface area contributed by atoms with Crippen molar-refractivity contribution in [3.63, 3.8) is 0 Å². The third kappa shape index (κ3) is 4.80. The summed E-state index contributed by atoms with van der Waals surface area (Å²) in [5.41, 5.74) is -3.18. The molecule has 1 fully saturated rings. The molecular weight excluding hydrogens is 484 g/mol. The van der Waals surface area contributed by atoms with Crippen LogP contribution in [0, 0.1) is 0 Å². The Balaban J connectivity index is 0.00000280. The number of guanidine groups is 1. The van der Waals surface area contributed by atoms with Gasteiger partial charge in [0.05, 0.1) is 6.54 Å². The van der Waals surface area contributed by atoms with Crippen LogP contribution in [-0.2, 0) is 5.60 Å². The molecule has 9 heteroatoms. The first-order valence-electron chi connectivity index (χ1n) is 9.04. The highest BCUT2D eigenvalue weighted by molar-refractivity contribution is 14.0. The summed E-state index contributed by atoms with van der Waals surface area (Å²) in [5, 5.41) is 13.2. The predicted molar refractivity (Wildman–Crippen MR) is 114 cm³/mol. The number of nitrogens with zero attached hydrogens (tertiary/aromatic N) is 3.